The van der Waals surface area contributed by atoms with Gasteiger partial charge in [-0.1, -0.05) is 0 Å². The quantitative estimate of drug-likeness (QED) is 0.667. The van der Waals surface area contributed by atoms with Crippen LogP contribution in [-0.4, -0.2) is 48.7 Å². The molecule has 3 aromatic heterocycles. The zero-order valence-corrected chi connectivity index (χ0v) is 18.7. The molecular formula is C22H29N7O3. The lowest BCUT2D eigenvalue weighted by atomic mass is 9.98. The molecule has 3 aromatic rings. The second kappa shape index (κ2) is 7.86. The number of ether oxygens (including phenoxy) is 2. The Morgan fingerprint density at radius 3 is 2.88 bits per heavy atom. The molecule has 2 N–H and O–H groups in total. The van der Waals surface area contributed by atoms with Crippen LogP contribution in [0.5, 0.6) is 0 Å². The molecule has 2 atom stereocenters. The molecule has 10 heteroatoms. The summed E-state index contributed by atoms with van der Waals surface area (Å²) in [6.45, 7) is 7.22. The molecular weight excluding hydrogens is 410 g/mol. The van der Waals surface area contributed by atoms with E-state index in [4.69, 9.17) is 20.3 Å². The summed E-state index contributed by atoms with van der Waals surface area (Å²) in [5.41, 5.74) is 8.64. The number of hydrogen-bond acceptors (Lipinski definition) is 7. The smallest absolute Gasteiger partial charge is 0.420 e. The number of pyridine rings is 1. The van der Waals surface area contributed by atoms with E-state index in [0.29, 0.717) is 42.8 Å². The summed E-state index contributed by atoms with van der Waals surface area (Å²) in [5.74, 6) is 0.784. The van der Waals surface area contributed by atoms with Crippen LogP contribution in [0.3, 0.4) is 0 Å². The van der Waals surface area contributed by atoms with Crippen molar-refractivity contribution in [2.75, 3.05) is 11.5 Å². The molecule has 4 heterocycles. The van der Waals surface area contributed by atoms with Crippen LogP contribution in [0.2, 0.25) is 0 Å². The van der Waals surface area contributed by atoms with Gasteiger partial charge < -0.3 is 15.2 Å². The largest absolute Gasteiger partial charge is 0.443 e. The number of fused-ring (bicyclic) bond motifs is 2. The van der Waals surface area contributed by atoms with Crippen LogP contribution in [-0.2, 0) is 22.6 Å². The van der Waals surface area contributed by atoms with Gasteiger partial charge in [0.2, 0.25) is 0 Å². The van der Waals surface area contributed by atoms with Crippen LogP contribution < -0.4 is 10.6 Å². The Labute approximate surface area is 186 Å². The van der Waals surface area contributed by atoms with E-state index < -0.39 is 11.7 Å². The van der Waals surface area contributed by atoms with Gasteiger partial charge in [-0.2, -0.15) is 10.2 Å². The van der Waals surface area contributed by atoms with Crippen molar-refractivity contribution in [1.29, 1.82) is 0 Å². The maximum atomic E-state index is 13.5. The number of hydrogen-bond donors (Lipinski definition) is 1. The van der Waals surface area contributed by atoms with Crippen molar-refractivity contribution in [2.24, 2.45) is 5.73 Å². The lowest BCUT2D eigenvalue weighted by Crippen LogP contribution is -2.34. The molecule has 0 bridgehead atoms. The molecule has 1 aliphatic carbocycles. The summed E-state index contributed by atoms with van der Waals surface area (Å²) in [6.07, 6.45) is 5.85. The SMILES string of the molecule is CC(C)(C)OC(=O)N(c1cc2n(n1)CCOC2)c1cc(C2CCC(N)C2)cn2ncnc12. The van der Waals surface area contributed by atoms with Gasteiger partial charge in [0.25, 0.3) is 0 Å². The standard InChI is InChI=1S/C22H29N7O3/c1-22(2,3)32-21(30)29(19-10-17-12-31-7-6-27(17)26-19)18-9-15(14-4-5-16(23)8-14)11-28-20(18)24-13-25-28/h9-11,13-14,16H,4-8,12,23H2,1-3H3. The molecule has 0 aromatic carbocycles. The van der Waals surface area contributed by atoms with Gasteiger partial charge >= 0.3 is 6.09 Å². The molecule has 2 aliphatic rings. The van der Waals surface area contributed by atoms with Crippen LogP contribution in [0.25, 0.3) is 5.65 Å². The third-order valence-corrected chi connectivity index (χ3v) is 5.92. The summed E-state index contributed by atoms with van der Waals surface area (Å²) in [7, 11) is 0. The molecule has 2 unspecified atom stereocenters. The first kappa shape index (κ1) is 20.9. The third kappa shape index (κ3) is 3.95. The predicted molar refractivity (Wildman–Crippen MR) is 118 cm³/mol. The highest BCUT2D eigenvalue weighted by atomic mass is 16.6. The van der Waals surface area contributed by atoms with Crippen molar-refractivity contribution in [3.05, 3.63) is 35.9 Å². The van der Waals surface area contributed by atoms with Crippen molar-refractivity contribution < 1.29 is 14.3 Å². The predicted octanol–water partition coefficient (Wildman–Crippen LogP) is 3.12. The van der Waals surface area contributed by atoms with Gasteiger partial charge in [0.15, 0.2) is 11.5 Å². The minimum atomic E-state index is -0.669. The van der Waals surface area contributed by atoms with Crippen molar-refractivity contribution in [1.82, 2.24) is 24.4 Å². The number of aromatic nitrogens is 5. The second-order valence-corrected chi connectivity index (χ2v) is 9.54. The van der Waals surface area contributed by atoms with Gasteiger partial charge in [-0.15, -0.1) is 0 Å². The number of carbonyl (C=O) groups excluding carboxylic acids is 1. The van der Waals surface area contributed by atoms with Gasteiger partial charge in [-0.25, -0.2) is 19.2 Å². The molecule has 0 radical (unpaired) electrons. The van der Waals surface area contributed by atoms with E-state index in [2.05, 4.69) is 10.1 Å². The summed E-state index contributed by atoms with van der Waals surface area (Å²) >= 11 is 0. The molecule has 1 amide bonds. The fourth-order valence-electron chi connectivity index (χ4n) is 4.45. The molecule has 1 saturated carbocycles. The van der Waals surface area contributed by atoms with E-state index in [-0.39, 0.29) is 6.04 Å². The Morgan fingerprint density at radius 2 is 2.16 bits per heavy atom. The highest BCUT2D eigenvalue weighted by Gasteiger charge is 2.32. The average Bonchev–Trinajstić information content (AvgIpc) is 3.45. The first-order chi connectivity index (χ1) is 15.3. The Balaban J connectivity index is 1.64. The third-order valence-electron chi connectivity index (χ3n) is 5.92. The molecule has 5 rings (SSSR count). The van der Waals surface area contributed by atoms with E-state index in [1.54, 1.807) is 4.52 Å². The average molecular weight is 440 g/mol. The maximum absolute atomic E-state index is 13.5. The topological polar surface area (TPSA) is 113 Å². The van der Waals surface area contributed by atoms with E-state index >= 15 is 0 Å². The summed E-state index contributed by atoms with van der Waals surface area (Å²) in [4.78, 5) is 19.4. The van der Waals surface area contributed by atoms with Crippen molar-refractivity contribution >= 4 is 23.2 Å². The highest BCUT2D eigenvalue weighted by Crippen LogP contribution is 2.38. The van der Waals surface area contributed by atoms with Crippen molar-refractivity contribution in [3.63, 3.8) is 0 Å². The first-order valence-corrected chi connectivity index (χ1v) is 11.0. The van der Waals surface area contributed by atoms with Crippen LogP contribution in [0.15, 0.2) is 24.7 Å². The van der Waals surface area contributed by atoms with Gasteiger partial charge in [0.1, 0.15) is 11.9 Å². The number of amides is 1. The van der Waals surface area contributed by atoms with E-state index in [1.165, 1.54) is 11.2 Å². The Kier molecular flexibility index (Phi) is 5.13. The normalized spacial score (nSPS) is 21.0. The van der Waals surface area contributed by atoms with E-state index in [9.17, 15) is 4.79 Å². The monoisotopic (exact) mass is 439 g/mol. The molecule has 0 saturated heterocycles. The molecule has 0 spiro atoms. The van der Waals surface area contributed by atoms with Gasteiger partial charge in [0, 0.05) is 18.3 Å². The summed E-state index contributed by atoms with van der Waals surface area (Å²) in [5, 5.41) is 9.05. The van der Waals surface area contributed by atoms with Crippen LogP contribution >= 0.6 is 0 Å². The number of nitrogens with zero attached hydrogens (tertiary/aromatic N) is 6. The van der Waals surface area contributed by atoms with E-state index in [1.807, 2.05) is 43.8 Å². The molecule has 170 valence electrons. The Morgan fingerprint density at radius 1 is 1.31 bits per heavy atom. The fraction of sp³-hybridized carbons (Fsp3) is 0.545. The van der Waals surface area contributed by atoms with E-state index in [0.717, 1.165) is 30.5 Å². The second-order valence-electron chi connectivity index (χ2n) is 9.54. The fourth-order valence-corrected chi connectivity index (χ4v) is 4.45. The minimum Gasteiger partial charge on any atom is -0.443 e. The molecule has 32 heavy (non-hydrogen) atoms. The minimum absolute atomic E-state index is 0.191. The molecule has 1 fully saturated rings. The summed E-state index contributed by atoms with van der Waals surface area (Å²) < 4.78 is 14.9. The van der Waals surface area contributed by atoms with Gasteiger partial charge in [-0.05, 0) is 57.6 Å². The van der Waals surface area contributed by atoms with Gasteiger partial charge in [0.05, 0.1) is 31.1 Å². The molecule has 1 aliphatic heterocycles. The lowest BCUT2D eigenvalue weighted by Gasteiger charge is -2.26. The first-order valence-electron chi connectivity index (χ1n) is 11.0. The Hall–Kier alpha value is -2.98. The maximum Gasteiger partial charge on any atom is 0.420 e. The number of nitrogens with two attached hydrogens (primary N) is 1. The van der Waals surface area contributed by atoms with Crippen LogP contribution in [0.1, 0.15) is 57.2 Å². The van der Waals surface area contributed by atoms with Crippen molar-refractivity contribution in [3.8, 4) is 0 Å². The Bertz CT molecular complexity index is 1120. The highest BCUT2D eigenvalue weighted by molar-refractivity contribution is 5.99. The molecule has 10 nitrogen and oxygen atoms in total. The summed E-state index contributed by atoms with van der Waals surface area (Å²) in [6, 6.07) is 4.07. The van der Waals surface area contributed by atoms with Crippen LogP contribution in [0, 0.1) is 0 Å². The lowest BCUT2D eigenvalue weighted by molar-refractivity contribution is 0.0598. The number of anilines is 2. The number of carbonyl (C=O) groups is 1. The zero-order valence-electron chi connectivity index (χ0n) is 18.7. The zero-order chi connectivity index (χ0) is 22.5. The van der Waals surface area contributed by atoms with Crippen LogP contribution in [0.4, 0.5) is 16.3 Å². The van der Waals surface area contributed by atoms with Crippen molar-refractivity contribution in [2.45, 2.75) is 70.7 Å². The number of rotatable bonds is 3. The van der Waals surface area contributed by atoms with Gasteiger partial charge in [-0.3, -0.25) is 4.68 Å².